The van der Waals surface area contributed by atoms with Crippen molar-refractivity contribution in [1.29, 1.82) is 0 Å². The third kappa shape index (κ3) is 3.59. The molecule has 0 aliphatic heterocycles. The molecular formula is C15H20N4O2. The van der Waals surface area contributed by atoms with Gasteiger partial charge in [0.05, 0.1) is 14.2 Å². The summed E-state index contributed by atoms with van der Waals surface area (Å²) in [6.07, 6.45) is 0.991. The first-order valence-corrected chi connectivity index (χ1v) is 6.87. The van der Waals surface area contributed by atoms with Crippen LogP contribution in [0.5, 0.6) is 11.8 Å². The summed E-state index contributed by atoms with van der Waals surface area (Å²) < 4.78 is 10.4. The summed E-state index contributed by atoms with van der Waals surface area (Å²) in [5, 5.41) is 3.15. The molecule has 1 N–H and O–H groups in total. The van der Waals surface area contributed by atoms with Crippen LogP contribution < -0.4 is 14.8 Å². The fraction of sp³-hybridized carbons (Fsp3) is 0.400. The van der Waals surface area contributed by atoms with Crippen molar-refractivity contribution in [3.63, 3.8) is 0 Å². The van der Waals surface area contributed by atoms with E-state index >= 15 is 0 Å². The van der Waals surface area contributed by atoms with Crippen LogP contribution in [0.4, 0.5) is 5.95 Å². The highest BCUT2D eigenvalue weighted by Crippen LogP contribution is 2.25. The molecule has 21 heavy (non-hydrogen) atoms. The van der Waals surface area contributed by atoms with Crippen LogP contribution in [0.1, 0.15) is 18.9 Å². The molecule has 0 spiro atoms. The molecule has 1 aromatic heterocycles. The smallest absolute Gasteiger partial charge is 0.321 e. The maximum absolute atomic E-state index is 5.22. The van der Waals surface area contributed by atoms with E-state index in [-0.39, 0.29) is 0 Å². The molecule has 2 aromatic rings. The van der Waals surface area contributed by atoms with Crippen LogP contribution in [-0.4, -0.2) is 35.7 Å². The Morgan fingerprint density at radius 1 is 1.10 bits per heavy atom. The molecular weight excluding hydrogens is 268 g/mol. The van der Waals surface area contributed by atoms with Gasteiger partial charge < -0.3 is 14.8 Å². The van der Waals surface area contributed by atoms with Gasteiger partial charge in [-0.1, -0.05) is 6.92 Å². The molecule has 0 saturated carbocycles. The van der Waals surface area contributed by atoms with Crippen LogP contribution in [-0.2, 0) is 0 Å². The molecule has 0 aliphatic carbocycles. The molecule has 2 rings (SSSR count). The third-order valence-electron chi connectivity index (χ3n) is 3.01. The van der Waals surface area contributed by atoms with Crippen LogP contribution in [0.2, 0.25) is 0 Å². The van der Waals surface area contributed by atoms with E-state index in [4.69, 9.17) is 9.47 Å². The van der Waals surface area contributed by atoms with Gasteiger partial charge in [-0.25, -0.2) is 0 Å². The molecule has 6 nitrogen and oxygen atoms in total. The molecule has 0 fully saturated rings. The number of hydrogen-bond donors (Lipinski definition) is 1. The molecule has 1 aromatic carbocycles. The first-order chi connectivity index (χ1) is 10.2. The largest absolute Gasteiger partial charge is 0.497 e. The molecule has 0 radical (unpaired) electrons. The van der Waals surface area contributed by atoms with Gasteiger partial charge in [-0.15, -0.1) is 0 Å². The molecule has 0 amide bonds. The van der Waals surface area contributed by atoms with Gasteiger partial charge in [0.1, 0.15) is 5.75 Å². The van der Waals surface area contributed by atoms with Gasteiger partial charge in [0, 0.05) is 12.1 Å². The van der Waals surface area contributed by atoms with Crippen molar-refractivity contribution in [3.05, 3.63) is 23.8 Å². The Hall–Kier alpha value is -2.37. The van der Waals surface area contributed by atoms with Crippen LogP contribution in [0.15, 0.2) is 18.2 Å². The quantitative estimate of drug-likeness (QED) is 0.881. The van der Waals surface area contributed by atoms with E-state index < -0.39 is 0 Å². The lowest BCUT2D eigenvalue weighted by Gasteiger charge is -2.10. The van der Waals surface area contributed by atoms with E-state index in [1.807, 2.05) is 25.1 Å². The highest BCUT2D eigenvalue weighted by atomic mass is 16.5. The van der Waals surface area contributed by atoms with Gasteiger partial charge in [-0.2, -0.15) is 15.0 Å². The number of aryl methyl sites for hydroxylation is 1. The number of benzene rings is 1. The number of anilines is 1. The lowest BCUT2D eigenvalue weighted by atomic mass is 10.1. The van der Waals surface area contributed by atoms with Gasteiger partial charge in [-0.05, 0) is 37.1 Å². The zero-order valence-corrected chi connectivity index (χ0v) is 12.8. The Balaban J connectivity index is 2.42. The minimum atomic E-state index is 0.300. The zero-order chi connectivity index (χ0) is 15.2. The average Bonchev–Trinajstić information content (AvgIpc) is 2.52. The lowest BCUT2D eigenvalue weighted by Crippen LogP contribution is -2.08. The highest BCUT2D eigenvalue weighted by Gasteiger charge is 2.11. The topological polar surface area (TPSA) is 69.2 Å². The molecule has 0 bridgehead atoms. The van der Waals surface area contributed by atoms with Crippen LogP contribution in [0, 0.1) is 6.92 Å². The normalized spacial score (nSPS) is 10.3. The minimum absolute atomic E-state index is 0.300. The Kier molecular flexibility index (Phi) is 4.92. The van der Waals surface area contributed by atoms with E-state index in [0.717, 1.165) is 29.8 Å². The Morgan fingerprint density at radius 2 is 1.90 bits per heavy atom. The lowest BCUT2D eigenvalue weighted by molar-refractivity contribution is 0.379. The van der Waals surface area contributed by atoms with Crippen molar-refractivity contribution in [1.82, 2.24) is 15.0 Å². The van der Waals surface area contributed by atoms with Gasteiger partial charge >= 0.3 is 6.01 Å². The average molecular weight is 288 g/mol. The maximum atomic E-state index is 5.22. The van der Waals surface area contributed by atoms with E-state index in [1.54, 1.807) is 14.2 Å². The summed E-state index contributed by atoms with van der Waals surface area (Å²) in [5.41, 5.74) is 1.96. The molecule has 0 unspecified atom stereocenters. The van der Waals surface area contributed by atoms with Crippen molar-refractivity contribution in [2.75, 3.05) is 26.1 Å². The number of hydrogen-bond acceptors (Lipinski definition) is 6. The summed E-state index contributed by atoms with van der Waals surface area (Å²) in [4.78, 5) is 13.0. The number of aromatic nitrogens is 3. The second kappa shape index (κ2) is 6.88. The molecule has 0 saturated heterocycles. The number of methoxy groups -OCH3 is 2. The van der Waals surface area contributed by atoms with Crippen LogP contribution in [0.25, 0.3) is 11.4 Å². The Labute approximate surface area is 124 Å². The minimum Gasteiger partial charge on any atom is -0.497 e. The van der Waals surface area contributed by atoms with Gasteiger partial charge in [-0.3, -0.25) is 0 Å². The molecule has 6 heteroatoms. The SMILES string of the molecule is CCCNc1nc(OC)nc(-c2ccc(OC)cc2C)n1. The van der Waals surface area contributed by atoms with E-state index in [9.17, 15) is 0 Å². The number of nitrogens with zero attached hydrogens (tertiary/aromatic N) is 3. The second-order valence-electron chi connectivity index (χ2n) is 4.58. The van der Waals surface area contributed by atoms with Gasteiger partial charge in [0.25, 0.3) is 0 Å². The van der Waals surface area contributed by atoms with Crippen molar-refractivity contribution in [2.45, 2.75) is 20.3 Å². The predicted octanol–water partition coefficient (Wildman–Crippen LogP) is 2.69. The second-order valence-corrected chi connectivity index (χ2v) is 4.58. The summed E-state index contributed by atoms with van der Waals surface area (Å²) in [6, 6.07) is 6.07. The summed E-state index contributed by atoms with van der Waals surface area (Å²) in [7, 11) is 3.19. The van der Waals surface area contributed by atoms with Gasteiger partial charge in [0.15, 0.2) is 5.82 Å². The molecule has 0 atom stereocenters. The number of ether oxygens (including phenoxy) is 2. The zero-order valence-electron chi connectivity index (χ0n) is 12.8. The summed E-state index contributed by atoms with van der Waals surface area (Å²) >= 11 is 0. The van der Waals surface area contributed by atoms with Crippen molar-refractivity contribution in [3.8, 4) is 23.1 Å². The monoisotopic (exact) mass is 288 g/mol. The predicted molar refractivity (Wildman–Crippen MR) is 81.9 cm³/mol. The molecule has 112 valence electrons. The fourth-order valence-corrected chi connectivity index (χ4v) is 1.90. The molecule has 1 heterocycles. The van der Waals surface area contributed by atoms with Gasteiger partial charge in [0.2, 0.25) is 5.95 Å². The number of rotatable bonds is 6. The summed E-state index contributed by atoms with van der Waals surface area (Å²) in [5.74, 6) is 1.91. The van der Waals surface area contributed by atoms with Crippen molar-refractivity contribution >= 4 is 5.95 Å². The van der Waals surface area contributed by atoms with E-state index in [0.29, 0.717) is 17.8 Å². The molecule has 0 aliphatic rings. The highest BCUT2D eigenvalue weighted by molar-refractivity contribution is 5.62. The first-order valence-electron chi connectivity index (χ1n) is 6.87. The summed E-state index contributed by atoms with van der Waals surface area (Å²) in [6.45, 7) is 4.88. The van der Waals surface area contributed by atoms with Crippen molar-refractivity contribution < 1.29 is 9.47 Å². The number of nitrogens with one attached hydrogen (secondary N) is 1. The Bertz CT molecular complexity index is 617. The Morgan fingerprint density at radius 3 is 2.52 bits per heavy atom. The third-order valence-corrected chi connectivity index (χ3v) is 3.01. The maximum Gasteiger partial charge on any atom is 0.321 e. The van der Waals surface area contributed by atoms with E-state index in [1.165, 1.54) is 0 Å². The van der Waals surface area contributed by atoms with Crippen molar-refractivity contribution in [2.24, 2.45) is 0 Å². The van der Waals surface area contributed by atoms with Crippen LogP contribution in [0.3, 0.4) is 0 Å². The standard InChI is InChI=1S/C15H20N4O2/c1-5-8-16-14-17-13(18-15(19-14)21-4)12-7-6-11(20-3)9-10(12)2/h6-7,9H,5,8H2,1-4H3,(H,16,17,18,19). The van der Waals surface area contributed by atoms with Crippen LogP contribution >= 0.6 is 0 Å². The van der Waals surface area contributed by atoms with E-state index in [2.05, 4.69) is 27.2 Å². The fourth-order valence-electron chi connectivity index (χ4n) is 1.90. The first kappa shape index (κ1) is 15.0.